The van der Waals surface area contributed by atoms with Gasteiger partial charge < -0.3 is 10.0 Å². The molecule has 1 saturated carbocycles. The summed E-state index contributed by atoms with van der Waals surface area (Å²) in [5, 5.41) is 9.87. The third-order valence-electron chi connectivity index (χ3n) is 5.80. The molecule has 1 N–H and O–H groups in total. The number of likely N-dealkylation sites (tertiary alicyclic amines) is 1. The molecule has 1 atom stereocenters. The highest BCUT2D eigenvalue weighted by atomic mass is 16.3. The fourth-order valence-electron chi connectivity index (χ4n) is 3.98. The number of aliphatic hydroxyl groups excluding tert-OH is 1. The maximum absolute atomic E-state index is 12.5. The van der Waals surface area contributed by atoms with Crippen molar-refractivity contribution in [1.82, 2.24) is 9.88 Å². The number of terminal acetylenes is 1. The molecule has 4 nitrogen and oxygen atoms in total. The van der Waals surface area contributed by atoms with Gasteiger partial charge >= 0.3 is 0 Å². The number of nitrogens with zero attached hydrogens (tertiary/aromatic N) is 2. The Labute approximate surface area is 142 Å². The summed E-state index contributed by atoms with van der Waals surface area (Å²) in [4.78, 5) is 19.1. The molecule has 0 aromatic carbocycles. The number of rotatable bonds is 2. The van der Waals surface area contributed by atoms with E-state index in [9.17, 15) is 9.90 Å². The fourth-order valence-corrected chi connectivity index (χ4v) is 3.98. The third-order valence-corrected chi connectivity index (χ3v) is 5.80. The number of carbonyl (C=O) groups excluding carboxylic acids is 1. The molecule has 2 fully saturated rings. The summed E-state index contributed by atoms with van der Waals surface area (Å²) >= 11 is 0. The number of carbonyl (C=O) groups is 1. The van der Waals surface area contributed by atoms with Gasteiger partial charge in [-0.1, -0.05) is 5.92 Å². The van der Waals surface area contributed by atoms with Crippen molar-refractivity contribution in [2.75, 3.05) is 13.1 Å². The van der Waals surface area contributed by atoms with E-state index in [4.69, 9.17) is 6.42 Å². The van der Waals surface area contributed by atoms with Gasteiger partial charge in [0.15, 0.2) is 5.78 Å². The average molecular weight is 322 g/mol. The summed E-state index contributed by atoms with van der Waals surface area (Å²) in [6, 6.07) is 1.90. The summed E-state index contributed by atoms with van der Waals surface area (Å²) in [5.74, 6) is 2.63. The summed E-state index contributed by atoms with van der Waals surface area (Å²) in [7, 11) is 0. The molecule has 24 heavy (non-hydrogen) atoms. The quantitative estimate of drug-likeness (QED) is 0.850. The molecule has 1 unspecified atom stereocenters. The van der Waals surface area contributed by atoms with Gasteiger partial charge in [-0.05, 0) is 49.7 Å². The van der Waals surface area contributed by atoms with E-state index in [1.165, 1.54) is 25.7 Å². The number of hydrogen-bond acceptors (Lipinski definition) is 4. The lowest BCUT2D eigenvalue weighted by molar-refractivity contribution is -0.114. The van der Waals surface area contributed by atoms with Crippen LogP contribution in [0.15, 0.2) is 17.8 Å². The molecule has 0 radical (unpaired) electrons. The Hall–Kier alpha value is -2.12. The normalized spacial score (nSPS) is 23.0. The van der Waals surface area contributed by atoms with Crippen LogP contribution in [0.5, 0.6) is 0 Å². The van der Waals surface area contributed by atoms with Crippen molar-refractivity contribution < 1.29 is 9.90 Å². The zero-order chi connectivity index (χ0) is 16.9. The molecule has 4 heteroatoms. The number of allylic oxidation sites excluding steroid dienone is 1. The highest BCUT2D eigenvalue weighted by molar-refractivity contribution is 6.10. The number of aliphatic hydroxyl groups is 1. The summed E-state index contributed by atoms with van der Waals surface area (Å²) in [6.07, 6.45) is 12.1. The van der Waals surface area contributed by atoms with Gasteiger partial charge in [0, 0.05) is 31.3 Å². The summed E-state index contributed by atoms with van der Waals surface area (Å²) in [6.45, 7) is 3.59. The van der Waals surface area contributed by atoms with Gasteiger partial charge in [-0.2, -0.15) is 0 Å². The van der Waals surface area contributed by atoms with Gasteiger partial charge in [-0.3, -0.25) is 9.78 Å². The van der Waals surface area contributed by atoms with E-state index >= 15 is 0 Å². The number of pyridine rings is 1. The first-order valence-electron chi connectivity index (χ1n) is 8.69. The predicted octanol–water partition coefficient (Wildman–Crippen LogP) is 2.48. The van der Waals surface area contributed by atoms with Crippen LogP contribution in [0.2, 0.25) is 0 Å². The van der Waals surface area contributed by atoms with Crippen LogP contribution < -0.4 is 0 Å². The fraction of sp³-hybridized carbons (Fsp3) is 0.500. The lowest BCUT2D eigenvalue weighted by Gasteiger charge is -2.38. The third kappa shape index (κ3) is 2.44. The van der Waals surface area contributed by atoms with Crippen LogP contribution in [0.25, 0.3) is 5.70 Å². The number of ketones is 1. The van der Waals surface area contributed by atoms with Crippen molar-refractivity contribution in [2.24, 2.45) is 5.41 Å². The SMILES string of the molecule is C#CC1=C(N2CCC3(CC2)CC3)c2cc(C(C)O)ncc2CC1=O. The van der Waals surface area contributed by atoms with Crippen LogP contribution in [-0.2, 0) is 11.2 Å². The van der Waals surface area contributed by atoms with E-state index in [2.05, 4.69) is 15.8 Å². The van der Waals surface area contributed by atoms with Crippen molar-refractivity contribution >= 4 is 11.5 Å². The second kappa shape index (κ2) is 5.46. The number of hydrogen-bond donors (Lipinski definition) is 1. The number of Topliss-reactive ketones (excluding diaryl/α,β-unsaturated/α-hetero) is 1. The molecule has 124 valence electrons. The molecule has 0 amide bonds. The molecule has 1 saturated heterocycles. The number of aromatic nitrogens is 1. The molecule has 1 aliphatic heterocycles. The summed E-state index contributed by atoms with van der Waals surface area (Å²) < 4.78 is 0. The maximum atomic E-state index is 12.5. The van der Waals surface area contributed by atoms with Crippen LogP contribution in [-0.4, -0.2) is 33.9 Å². The van der Waals surface area contributed by atoms with E-state index in [0.29, 0.717) is 23.1 Å². The van der Waals surface area contributed by atoms with Crippen LogP contribution in [0, 0.1) is 17.8 Å². The topological polar surface area (TPSA) is 53.4 Å². The highest BCUT2D eigenvalue weighted by Gasteiger charge is 2.45. The Kier molecular flexibility index (Phi) is 3.51. The molecule has 1 spiro atoms. The highest BCUT2D eigenvalue weighted by Crippen LogP contribution is 2.54. The van der Waals surface area contributed by atoms with Gasteiger partial charge in [0.25, 0.3) is 0 Å². The molecule has 0 bridgehead atoms. The minimum Gasteiger partial charge on any atom is -0.387 e. The Morgan fingerprint density at radius 1 is 1.33 bits per heavy atom. The molecular weight excluding hydrogens is 300 g/mol. The monoisotopic (exact) mass is 322 g/mol. The Balaban J connectivity index is 1.78. The van der Waals surface area contributed by atoms with E-state index in [1.54, 1.807) is 13.1 Å². The number of fused-ring (bicyclic) bond motifs is 1. The van der Waals surface area contributed by atoms with Gasteiger partial charge in [0.1, 0.15) is 0 Å². The average Bonchev–Trinajstić information content (AvgIpc) is 3.33. The summed E-state index contributed by atoms with van der Waals surface area (Å²) in [5.41, 5.74) is 4.43. The van der Waals surface area contributed by atoms with E-state index < -0.39 is 6.10 Å². The predicted molar refractivity (Wildman–Crippen MR) is 91.8 cm³/mol. The minimum atomic E-state index is -0.639. The van der Waals surface area contributed by atoms with E-state index in [1.807, 2.05) is 6.07 Å². The smallest absolute Gasteiger partial charge is 0.177 e. The van der Waals surface area contributed by atoms with Crippen LogP contribution in [0.4, 0.5) is 0 Å². The minimum absolute atomic E-state index is 0.00157. The van der Waals surface area contributed by atoms with Crippen molar-refractivity contribution in [1.29, 1.82) is 0 Å². The van der Waals surface area contributed by atoms with Gasteiger partial charge in [0.05, 0.1) is 23.1 Å². The molecule has 2 heterocycles. The van der Waals surface area contributed by atoms with E-state index in [-0.39, 0.29) is 5.78 Å². The molecule has 1 aromatic heterocycles. The molecule has 4 rings (SSSR count). The molecule has 3 aliphatic rings. The van der Waals surface area contributed by atoms with Crippen molar-refractivity contribution in [2.45, 2.75) is 45.1 Å². The molecule has 1 aromatic rings. The second-order valence-electron chi connectivity index (χ2n) is 7.40. The Bertz CT molecular complexity index is 771. The Morgan fingerprint density at radius 2 is 2.04 bits per heavy atom. The number of piperidine rings is 1. The van der Waals surface area contributed by atoms with Crippen LogP contribution >= 0.6 is 0 Å². The standard InChI is InChI=1S/C20H22N2O2/c1-3-15-18(24)10-14-12-21-17(13(2)23)11-16(14)19(15)22-8-6-20(4-5-20)7-9-22/h1,11-13,23H,4-10H2,2H3. The van der Waals surface area contributed by atoms with Gasteiger partial charge in [-0.15, -0.1) is 6.42 Å². The second-order valence-corrected chi connectivity index (χ2v) is 7.40. The van der Waals surface area contributed by atoms with Crippen molar-refractivity contribution in [3.05, 3.63) is 34.7 Å². The van der Waals surface area contributed by atoms with Crippen molar-refractivity contribution in [3.8, 4) is 12.3 Å². The lowest BCUT2D eigenvalue weighted by atomic mass is 9.86. The first-order valence-corrected chi connectivity index (χ1v) is 8.69. The lowest BCUT2D eigenvalue weighted by Crippen LogP contribution is -2.36. The zero-order valence-electron chi connectivity index (χ0n) is 14.0. The largest absolute Gasteiger partial charge is 0.387 e. The van der Waals surface area contributed by atoms with Crippen LogP contribution in [0.3, 0.4) is 0 Å². The first-order chi connectivity index (χ1) is 11.5. The van der Waals surface area contributed by atoms with Gasteiger partial charge in [0.2, 0.25) is 0 Å². The maximum Gasteiger partial charge on any atom is 0.177 e. The molecular formula is C20H22N2O2. The van der Waals surface area contributed by atoms with Gasteiger partial charge in [-0.25, -0.2) is 0 Å². The van der Waals surface area contributed by atoms with E-state index in [0.717, 1.165) is 29.9 Å². The zero-order valence-corrected chi connectivity index (χ0v) is 14.0. The first kappa shape index (κ1) is 15.4. The van der Waals surface area contributed by atoms with Crippen molar-refractivity contribution in [3.63, 3.8) is 0 Å². The molecule has 2 aliphatic carbocycles. The van der Waals surface area contributed by atoms with Crippen LogP contribution in [0.1, 0.15) is 55.5 Å². The Morgan fingerprint density at radius 3 is 2.62 bits per heavy atom.